The number of allylic oxidation sites excluding steroid dienone is 2. The lowest BCUT2D eigenvalue weighted by atomic mass is 9.59. The van der Waals surface area contributed by atoms with Gasteiger partial charge in [0, 0.05) is 11.3 Å². The highest BCUT2D eigenvalue weighted by Crippen LogP contribution is 2.59. The zero-order valence-electron chi connectivity index (χ0n) is 13.6. The quantitative estimate of drug-likeness (QED) is 0.633. The molecular weight excluding hydrogens is 328 g/mol. The Morgan fingerprint density at radius 3 is 2.79 bits per heavy atom. The summed E-state index contributed by atoms with van der Waals surface area (Å²) in [5.41, 5.74) is 3.70. The van der Waals surface area contributed by atoms with Gasteiger partial charge in [-0.05, 0) is 61.3 Å². The van der Waals surface area contributed by atoms with Crippen molar-refractivity contribution < 1.29 is 22.3 Å². The van der Waals surface area contributed by atoms with Gasteiger partial charge in [0.25, 0.3) is 0 Å². The van der Waals surface area contributed by atoms with Crippen LogP contribution in [0, 0.1) is 11.3 Å². The lowest BCUT2D eigenvalue weighted by Gasteiger charge is -2.46. The molecule has 0 unspecified atom stereocenters. The largest absolute Gasteiger partial charge is 0.446 e. The summed E-state index contributed by atoms with van der Waals surface area (Å²) in [7, 11) is -4.50. The summed E-state index contributed by atoms with van der Waals surface area (Å²) in [4.78, 5) is 0. The van der Waals surface area contributed by atoms with Gasteiger partial charge in [-0.25, -0.2) is 0 Å². The fraction of sp³-hybridized carbons (Fsp3) is 0.556. The third kappa shape index (κ3) is 2.48. The first-order valence-electron chi connectivity index (χ1n) is 8.46. The molecule has 2 saturated carbocycles. The maximum atomic E-state index is 10.9. The Labute approximate surface area is 142 Å². The summed E-state index contributed by atoms with van der Waals surface area (Å²) in [5, 5.41) is 10.4. The van der Waals surface area contributed by atoms with Crippen LogP contribution in [0.25, 0.3) is 0 Å². The summed E-state index contributed by atoms with van der Waals surface area (Å²) in [6.45, 7) is 2.21. The van der Waals surface area contributed by atoms with Crippen molar-refractivity contribution in [2.24, 2.45) is 11.3 Å². The first kappa shape index (κ1) is 16.1. The van der Waals surface area contributed by atoms with E-state index in [0.717, 1.165) is 37.7 Å². The van der Waals surface area contributed by atoms with Gasteiger partial charge in [0.2, 0.25) is 0 Å². The average Bonchev–Trinajstić information content (AvgIpc) is 2.81. The van der Waals surface area contributed by atoms with Crippen LogP contribution in [0.5, 0.6) is 5.75 Å². The summed E-state index contributed by atoms with van der Waals surface area (Å²) in [5.74, 6) is 0.926. The predicted octanol–water partition coefficient (Wildman–Crippen LogP) is 3.01. The molecule has 1 aromatic rings. The maximum Gasteiger partial charge on any atom is 0.446 e. The van der Waals surface area contributed by atoms with Crippen LogP contribution in [-0.2, 0) is 16.8 Å². The minimum atomic E-state index is -4.50. The van der Waals surface area contributed by atoms with Crippen LogP contribution in [-0.4, -0.2) is 24.2 Å². The molecule has 0 saturated heterocycles. The van der Waals surface area contributed by atoms with Crippen molar-refractivity contribution in [3.63, 3.8) is 0 Å². The number of hydrogen-bond donors (Lipinski definition) is 2. The molecule has 130 valence electrons. The van der Waals surface area contributed by atoms with Crippen molar-refractivity contribution in [2.45, 2.75) is 51.0 Å². The van der Waals surface area contributed by atoms with Crippen LogP contribution in [0.1, 0.15) is 49.7 Å². The van der Waals surface area contributed by atoms with Gasteiger partial charge in [0.05, 0.1) is 6.10 Å². The fourth-order valence-corrected chi connectivity index (χ4v) is 5.44. The Morgan fingerprint density at radius 1 is 1.25 bits per heavy atom. The average molecular weight is 350 g/mol. The smallest absolute Gasteiger partial charge is 0.393 e. The number of hydrogen-bond acceptors (Lipinski definition) is 4. The molecule has 5 nitrogen and oxygen atoms in total. The van der Waals surface area contributed by atoms with E-state index in [1.165, 1.54) is 11.1 Å². The van der Waals surface area contributed by atoms with Gasteiger partial charge in [-0.2, -0.15) is 8.42 Å². The summed E-state index contributed by atoms with van der Waals surface area (Å²) in [6, 6.07) is 5.22. The van der Waals surface area contributed by atoms with Crippen LogP contribution < -0.4 is 4.18 Å². The second-order valence-electron chi connectivity index (χ2n) is 7.52. The standard InChI is InChI=1S/C18H22O5S/c1-18-9-8-14-13-5-3-12(23-24(20,21)22)10-11(13)2-4-15(14)16(18)6-7-17(18)19/h3-5,10,14,16-17,19H,2,6-9H2,1H3,(H,20,21,22)/t14-,16+,17-,18+/m1/s1. The molecule has 0 aliphatic heterocycles. The highest BCUT2D eigenvalue weighted by atomic mass is 32.3. The van der Waals surface area contributed by atoms with E-state index in [1.807, 2.05) is 6.07 Å². The first-order chi connectivity index (χ1) is 11.3. The van der Waals surface area contributed by atoms with Crippen LogP contribution >= 0.6 is 0 Å². The molecule has 0 bridgehead atoms. The first-order valence-corrected chi connectivity index (χ1v) is 9.82. The van der Waals surface area contributed by atoms with E-state index in [9.17, 15) is 13.5 Å². The molecule has 2 fully saturated rings. The molecule has 0 spiro atoms. The lowest BCUT2D eigenvalue weighted by Crippen LogP contribution is -2.39. The molecule has 0 radical (unpaired) electrons. The highest BCUT2D eigenvalue weighted by molar-refractivity contribution is 7.81. The minimum absolute atomic E-state index is 0.00610. The van der Waals surface area contributed by atoms with Crippen molar-refractivity contribution in [3.05, 3.63) is 41.0 Å². The van der Waals surface area contributed by atoms with Gasteiger partial charge in [-0.15, -0.1) is 0 Å². The molecule has 0 aromatic heterocycles. The molecule has 3 aliphatic carbocycles. The van der Waals surface area contributed by atoms with Crippen LogP contribution in [0.15, 0.2) is 29.8 Å². The van der Waals surface area contributed by atoms with E-state index in [1.54, 1.807) is 12.1 Å². The summed E-state index contributed by atoms with van der Waals surface area (Å²) < 4.78 is 35.2. The molecule has 6 heteroatoms. The molecule has 2 N–H and O–H groups in total. The number of fused-ring (bicyclic) bond motifs is 5. The fourth-order valence-electron chi connectivity index (χ4n) is 5.09. The third-order valence-corrected chi connectivity index (χ3v) is 6.71. The highest BCUT2D eigenvalue weighted by Gasteiger charge is 2.51. The van der Waals surface area contributed by atoms with E-state index in [-0.39, 0.29) is 17.3 Å². The SMILES string of the molecule is C[C@]12CC[C@H]3C(=CCc4cc(OS(=O)(=O)O)ccc43)[C@@H]1CC[C@H]2O. The van der Waals surface area contributed by atoms with E-state index in [0.29, 0.717) is 11.8 Å². The van der Waals surface area contributed by atoms with Gasteiger partial charge >= 0.3 is 10.4 Å². The Kier molecular flexibility index (Phi) is 3.57. The summed E-state index contributed by atoms with van der Waals surface area (Å²) in [6.07, 6.45) is 6.69. The molecule has 24 heavy (non-hydrogen) atoms. The van der Waals surface area contributed by atoms with Crippen molar-refractivity contribution in [2.75, 3.05) is 0 Å². The van der Waals surface area contributed by atoms with Gasteiger partial charge in [0.1, 0.15) is 5.75 Å². The molecule has 0 amide bonds. The molecule has 0 heterocycles. The zero-order chi connectivity index (χ0) is 17.1. The number of benzene rings is 1. The van der Waals surface area contributed by atoms with Gasteiger partial charge in [0.15, 0.2) is 0 Å². The monoisotopic (exact) mass is 350 g/mol. The topological polar surface area (TPSA) is 83.8 Å². The van der Waals surface area contributed by atoms with Crippen LogP contribution in [0.3, 0.4) is 0 Å². The third-order valence-electron chi connectivity index (χ3n) is 6.31. The Bertz CT molecular complexity index is 813. The normalized spacial score (nSPS) is 34.8. The van der Waals surface area contributed by atoms with Crippen LogP contribution in [0.4, 0.5) is 0 Å². The van der Waals surface area contributed by atoms with Gasteiger partial charge in [-0.3, -0.25) is 4.55 Å². The predicted molar refractivity (Wildman–Crippen MR) is 89.2 cm³/mol. The van der Waals surface area contributed by atoms with E-state index < -0.39 is 10.4 Å². The lowest BCUT2D eigenvalue weighted by molar-refractivity contribution is 0.0267. The molecular formula is C18H22O5S. The zero-order valence-corrected chi connectivity index (χ0v) is 14.4. The molecule has 1 aromatic carbocycles. The van der Waals surface area contributed by atoms with Crippen LogP contribution in [0.2, 0.25) is 0 Å². The number of aliphatic hydroxyl groups excluding tert-OH is 1. The number of rotatable bonds is 2. The van der Waals surface area contributed by atoms with E-state index in [4.69, 9.17) is 4.55 Å². The van der Waals surface area contributed by atoms with Crippen molar-refractivity contribution in [3.8, 4) is 5.75 Å². The van der Waals surface area contributed by atoms with Crippen molar-refractivity contribution in [1.82, 2.24) is 0 Å². The van der Waals surface area contributed by atoms with E-state index in [2.05, 4.69) is 17.2 Å². The Morgan fingerprint density at radius 2 is 2.04 bits per heavy atom. The Hall–Kier alpha value is -1.37. The van der Waals surface area contributed by atoms with Gasteiger partial charge in [-0.1, -0.05) is 24.6 Å². The second-order valence-corrected chi connectivity index (χ2v) is 8.54. The Balaban J connectivity index is 1.67. The molecule has 3 aliphatic rings. The van der Waals surface area contributed by atoms with Crippen molar-refractivity contribution >= 4 is 10.4 Å². The minimum Gasteiger partial charge on any atom is -0.393 e. The second kappa shape index (κ2) is 5.31. The molecule has 4 rings (SSSR count). The van der Waals surface area contributed by atoms with Gasteiger partial charge < -0.3 is 9.29 Å². The van der Waals surface area contributed by atoms with E-state index >= 15 is 0 Å². The molecule has 4 atom stereocenters. The maximum absolute atomic E-state index is 10.9. The summed E-state index contributed by atoms with van der Waals surface area (Å²) >= 11 is 0. The number of aliphatic hydroxyl groups is 1. The van der Waals surface area contributed by atoms with Crippen molar-refractivity contribution in [1.29, 1.82) is 0 Å².